The third-order valence-electron chi connectivity index (χ3n) is 2.94. The van der Waals surface area contributed by atoms with Crippen LogP contribution in [-0.4, -0.2) is 5.11 Å². The summed E-state index contributed by atoms with van der Waals surface area (Å²) >= 11 is 1.80. The Balaban J connectivity index is 1.99. The van der Waals surface area contributed by atoms with Crippen LogP contribution < -0.4 is 0 Å². The Morgan fingerprint density at radius 3 is 3.07 bits per heavy atom. The minimum Gasteiger partial charge on any atom is -0.388 e. The topological polar surface area (TPSA) is 20.2 Å². The molecule has 0 spiro atoms. The number of hydrogen-bond donors (Lipinski definition) is 1. The number of aryl methyl sites for hydroxylation is 2. The van der Waals surface area contributed by atoms with Gasteiger partial charge in [-0.3, -0.25) is 0 Å². The highest BCUT2D eigenvalue weighted by Crippen LogP contribution is 2.35. The van der Waals surface area contributed by atoms with Gasteiger partial charge in [-0.1, -0.05) is 5.57 Å². The van der Waals surface area contributed by atoms with Crippen molar-refractivity contribution in [3.8, 4) is 0 Å². The number of aliphatic hydroxyl groups excluding tert-OH is 1. The molecular weight excluding hydrogens is 204 g/mol. The van der Waals surface area contributed by atoms with Gasteiger partial charge in [-0.25, -0.2) is 0 Å². The summed E-state index contributed by atoms with van der Waals surface area (Å²) in [6.45, 7) is 5.88. The quantitative estimate of drug-likeness (QED) is 0.771. The predicted molar refractivity (Wildman–Crippen MR) is 65.4 cm³/mol. The number of aliphatic hydroxyl groups is 1. The molecule has 1 aromatic heterocycles. The van der Waals surface area contributed by atoms with Crippen LogP contribution in [0.1, 0.15) is 47.6 Å². The first-order chi connectivity index (χ1) is 7.16. The van der Waals surface area contributed by atoms with Crippen LogP contribution in [0.25, 0.3) is 0 Å². The van der Waals surface area contributed by atoms with E-state index in [0.29, 0.717) is 0 Å². The molecule has 1 aliphatic rings. The zero-order chi connectivity index (χ0) is 10.8. The average molecular weight is 222 g/mol. The van der Waals surface area contributed by atoms with E-state index in [1.807, 2.05) is 6.92 Å². The van der Waals surface area contributed by atoms with E-state index >= 15 is 0 Å². The molecule has 1 nitrogen and oxygen atoms in total. The lowest BCUT2D eigenvalue weighted by molar-refractivity contribution is 0.171. The molecule has 0 fully saturated rings. The van der Waals surface area contributed by atoms with E-state index in [4.69, 9.17) is 0 Å². The third-order valence-corrected chi connectivity index (χ3v) is 4.28. The summed E-state index contributed by atoms with van der Waals surface area (Å²) in [5.41, 5.74) is 2.63. The van der Waals surface area contributed by atoms with Gasteiger partial charge in [0.15, 0.2) is 0 Å². The summed E-state index contributed by atoms with van der Waals surface area (Å²) in [4.78, 5) is 2.65. The molecule has 1 unspecified atom stereocenters. The van der Waals surface area contributed by atoms with E-state index in [9.17, 15) is 5.11 Å². The fraction of sp³-hybridized carbons (Fsp3) is 0.538. The van der Waals surface area contributed by atoms with Gasteiger partial charge in [0, 0.05) is 9.75 Å². The summed E-state index contributed by atoms with van der Waals surface area (Å²) in [7, 11) is 0. The molecule has 1 N–H and O–H groups in total. The highest BCUT2D eigenvalue weighted by atomic mass is 32.1. The molecule has 1 atom stereocenters. The van der Waals surface area contributed by atoms with Gasteiger partial charge in [-0.15, -0.1) is 17.9 Å². The van der Waals surface area contributed by atoms with Crippen LogP contribution in [0.3, 0.4) is 0 Å². The molecular formula is C13H18OS. The predicted octanol–water partition coefficient (Wildman–Crippen LogP) is 3.63. The van der Waals surface area contributed by atoms with Crippen LogP contribution in [0, 0.1) is 0 Å². The fourth-order valence-electron chi connectivity index (χ4n) is 2.04. The van der Waals surface area contributed by atoms with Gasteiger partial charge in [-0.05, 0) is 50.7 Å². The van der Waals surface area contributed by atoms with E-state index in [1.165, 1.54) is 29.7 Å². The molecule has 1 heterocycles. The van der Waals surface area contributed by atoms with Crippen molar-refractivity contribution in [1.82, 2.24) is 0 Å². The number of fused-ring (bicyclic) bond motifs is 1. The summed E-state index contributed by atoms with van der Waals surface area (Å²) in [5.74, 6) is 0. The summed E-state index contributed by atoms with van der Waals surface area (Å²) in [6.07, 6.45) is 5.17. The van der Waals surface area contributed by atoms with Crippen LogP contribution in [0.2, 0.25) is 0 Å². The second-order valence-corrected chi connectivity index (χ2v) is 5.63. The first kappa shape index (κ1) is 10.9. The highest BCUT2D eigenvalue weighted by molar-refractivity contribution is 7.12. The van der Waals surface area contributed by atoms with Gasteiger partial charge in [0.2, 0.25) is 0 Å². The molecule has 0 aromatic carbocycles. The number of rotatable bonds is 4. The Hall–Kier alpha value is -0.600. The van der Waals surface area contributed by atoms with Gasteiger partial charge < -0.3 is 5.11 Å². The van der Waals surface area contributed by atoms with Gasteiger partial charge in [0.25, 0.3) is 0 Å². The van der Waals surface area contributed by atoms with Crippen molar-refractivity contribution in [3.05, 3.63) is 33.5 Å². The highest BCUT2D eigenvalue weighted by Gasteiger charge is 2.18. The molecule has 15 heavy (non-hydrogen) atoms. The molecule has 0 radical (unpaired) electrons. The molecule has 2 rings (SSSR count). The SMILES string of the molecule is C=C(C)CCC(O)c1cc2c(s1)CCC2. The Morgan fingerprint density at radius 1 is 1.60 bits per heavy atom. The van der Waals surface area contributed by atoms with E-state index in [2.05, 4.69) is 12.6 Å². The lowest BCUT2D eigenvalue weighted by atomic mass is 10.1. The first-order valence-corrected chi connectivity index (χ1v) is 6.42. The van der Waals surface area contributed by atoms with Crippen molar-refractivity contribution < 1.29 is 5.11 Å². The van der Waals surface area contributed by atoms with Gasteiger partial charge >= 0.3 is 0 Å². The molecule has 0 saturated heterocycles. The van der Waals surface area contributed by atoms with E-state index < -0.39 is 0 Å². The van der Waals surface area contributed by atoms with Crippen molar-refractivity contribution in [1.29, 1.82) is 0 Å². The van der Waals surface area contributed by atoms with E-state index in [1.54, 1.807) is 11.3 Å². The summed E-state index contributed by atoms with van der Waals surface area (Å²) < 4.78 is 0. The normalized spacial score (nSPS) is 16.4. The smallest absolute Gasteiger partial charge is 0.0885 e. The fourth-order valence-corrected chi connectivity index (χ4v) is 3.32. The molecule has 2 heteroatoms. The van der Waals surface area contributed by atoms with Crippen molar-refractivity contribution in [2.75, 3.05) is 0 Å². The number of thiophene rings is 1. The number of hydrogen-bond acceptors (Lipinski definition) is 2. The Kier molecular flexibility index (Phi) is 3.27. The Labute approximate surface area is 95.5 Å². The molecule has 82 valence electrons. The van der Waals surface area contributed by atoms with E-state index in [-0.39, 0.29) is 6.10 Å². The third kappa shape index (κ3) is 2.50. The number of allylic oxidation sites excluding steroid dienone is 1. The molecule has 1 aliphatic carbocycles. The molecule has 0 aliphatic heterocycles. The van der Waals surface area contributed by atoms with Crippen LogP contribution in [-0.2, 0) is 12.8 Å². The van der Waals surface area contributed by atoms with Crippen molar-refractivity contribution >= 4 is 11.3 Å². The van der Waals surface area contributed by atoms with Gasteiger partial charge in [-0.2, -0.15) is 0 Å². The summed E-state index contributed by atoms with van der Waals surface area (Å²) in [6, 6.07) is 2.20. The zero-order valence-electron chi connectivity index (χ0n) is 9.25. The Bertz CT molecular complexity index is 343. The van der Waals surface area contributed by atoms with Gasteiger partial charge in [0.1, 0.15) is 0 Å². The maximum absolute atomic E-state index is 10.00. The minimum atomic E-state index is -0.280. The second kappa shape index (κ2) is 4.50. The zero-order valence-corrected chi connectivity index (χ0v) is 10.1. The van der Waals surface area contributed by atoms with Crippen LogP contribution >= 0.6 is 11.3 Å². The van der Waals surface area contributed by atoms with Crippen molar-refractivity contribution in [2.24, 2.45) is 0 Å². The lowest BCUT2D eigenvalue weighted by Crippen LogP contribution is -1.94. The molecule has 1 aromatic rings. The average Bonchev–Trinajstić information content (AvgIpc) is 2.72. The maximum atomic E-state index is 10.00. The standard InChI is InChI=1S/C13H18OS/c1-9(2)6-7-11(14)13-8-10-4-3-5-12(10)15-13/h8,11,14H,1,3-7H2,2H3. The largest absolute Gasteiger partial charge is 0.388 e. The maximum Gasteiger partial charge on any atom is 0.0885 e. The second-order valence-electron chi connectivity index (χ2n) is 4.46. The monoisotopic (exact) mass is 222 g/mol. The van der Waals surface area contributed by atoms with Crippen LogP contribution in [0.5, 0.6) is 0 Å². The van der Waals surface area contributed by atoms with E-state index in [0.717, 1.165) is 23.3 Å². The molecule has 0 amide bonds. The van der Waals surface area contributed by atoms with Crippen molar-refractivity contribution in [2.45, 2.75) is 45.1 Å². The lowest BCUT2D eigenvalue weighted by Gasteiger charge is -2.07. The van der Waals surface area contributed by atoms with Crippen LogP contribution in [0.4, 0.5) is 0 Å². The van der Waals surface area contributed by atoms with Crippen molar-refractivity contribution in [3.63, 3.8) is 0 Å². The van der Waals surface area contributed by atoms with Gasteiger partial charge in [0.05, 0.1) is 6.10 Å². The van der Waals surface area contributed by atoms with Crippen LogP contribution in [0.15, 0.2) is 18.2 Å². The molecule has 0 bridgehead atoms. The molecule has 0 saturated carbocycles. The summed E-state index contributed by atoms with van der Waals surface area (Å²) in [5, 5.41) is 10.00. The minimum absolute atomic E-state index is 0.280. The Morgan fingerprint density at radius 2 is 2.40 bits per heavy atom. The first-order valence-electron chi connectivity index (χ1n) is 5.60.